The Kier molecular flexibility index (Phi) is 7.08. The maximum absolute atomic E-state index is 13.2. The summed E-state index contributed by atoms with van der Waals surface area (Å²) in [5.41, 5.74) is 1.47. The van der Waals surface area contributed by atoms with Crippen LogP contribution in [0.3, 0.4) is 0 Å². The Hall–Kier alpha value is -2.67. The molecule has 2 aliphatic heterocycles. The van der Waals surface area contributed by atoms with E-state index in [1.165, 1.54) is 16.4 Å². The van der Waals surface area contributed by atoms with Gasteiger partial charge in [0.1, 0.15) is 5.82 Å². The third-order valence-corrected chi connectivity index (χ3v) is 7.97. The van der Waals surface area contributed by atoms with E-state index in [0.717, 1.165) is 25.3 Å². The van der Waals surface area contributed by atoms with E-state index in [2.05, 4.69) is 9.88 Å². The van der Waals surface area contributed by atoms with Crippen molar-refractivity contribution in [2.75, 3.05) is 37.6 Å². The summed E-state index contributed by atoms with van der Waals surface area (Å²) < 4.78 is 27.7. The molecule has 0 N–H and O–H groups in total. The fourth-order valence-electron chi connectivity index (χ4n) is 4.00. The van der Waals surface area contributed by atoms with Crippen molar-refractivity contribution < 1.29 is 13.2 Å². The molecule has 3 heterocycles. The molecule has 170 valence electrons. The molecule has 1 aromatic carbocycles. The minimum absolute atomic E-state index is 0. The van der Waals surface area contributed by atoms with Gasteiger partial charge in [0.25, 0.3) is 5.91 Å². The number of nitriles is 1. The van der Waals surface area contributed by atoms with E-state index in [1.807, 2.05) is 19.1 Å². The molecule has 2 aromatic rings. The summed E-state index contributed by atoms with van der Waals surface area (Å²) in [7, 11) is -3.71. The Bertz CT molecular complexity index is 1140. The molecular weight excluding hydrogens is 450 g/mol. The van der Waals surface area contributed by atoms with Crippen LogP contribution in [0.25, 0.3) is 0 Å². The molecule has 0 radical (unpaired) electrons. The molecule has 0 unspecified atom stereocenters. The Balaban J connectivity index is 0.00000289. The second-order valence-corrected chi connectivity index (χ2v) is 9.95. The molecule has 1 amide bonds. The van der Waals surface area contributed by atoms with Crippen molar-refractivity contribution in [1.82, 2.24) is 14.2 Å². The van der Waals surface area contributed by atoms with Crippen LogP contribution in [0.1, 0.15) is 34.8 Å². The molecule has 10 heteroatoms. The van der Waals surface area contributed by atoms with Gasteiger partial charge in [-0.3, -0.25) is 4.79 Å². The van der Waals surface area contributed by atoms with Crippen molar-refractivity contribution in [2.45, 2.75) is 31.2 Å². The predicted molar refractivity (Wildman–Crippen MR) is 123 cm³/mol. The number of anilines is 1. The van der Waals surface area contributed by atoms with Crippen LogP contribution in [0.2, 0.25) is 0 Å². The van der Waals surface area contributed by atoms with Crippen LogP contribution < -0.4 is 4.90 Å². The summed E-state index contributed by atoms with van der Waals surface area (Å²) >= 11 is 0. The first-order valence-electron chi connectivity index (χ1n) is 10.3. The molecule has 2 saturated heterocycles. The van der Waals surface area contributed by atoms with Gasteiger partial charge in [-0.2, -0.15) is 9.57 Å². The molecule has 1 aromatic heterocycles. The average molecular weight is 476 g/mol. The Morgan fingerprint density at radius 1 is 1.16 bits per heavy atom. The van der Waals surface area contributed by atoms with E-state index in [-0.39, 0.29) is 42.3 Å². The molecule has 0 aliphatic carbocycles. The average Bonchev–Trinajstić information content (AvgIpc) is 2.72. The second-order valence-electron chi connectivity index (χ2n) is 8.05. The van der Waals surface area contributed by atoms with E-state index in [9.17, 15) is 13.2 Å². The maximum atomic E-state index is 13.2. The van der Waals surface area contributed by atoms with Crippen LogP contribution in [0.15, 0.2) is 41.4 Å². The van der Waals surface area contributed by atoms with E-state index in [1.54, 1.807) is 30.2 Å². The smallest absolute Gasteiger partial charge is 0.255 e. The molecule has 0 spiro atoms. The summed E-state index contributed by atoms with van der Waals surface area (Å²) in [6.07, 6.45) is 2.76. The number of benzene rings is 1. The second kappa shape index (κ2) is 9.45. The number of aromatic nitrogens is 1. The third kappa shape index (κ3) is 4.44. The molecule has 4 rings (SSSR count). The third-order valence-electron chi connectivity index (χ3n) is 5.95. The summed E-state index contributed by atoms with van der Waals surface area (Å²) in [6, 6.07) is 9.98. The zero-order valence-corrected chi connectivity index (χ0v) is 19.7. The minimum atomic E-state index is -3.71. The number of carbonyl (C=O) groups excluding carboxylic acids is 1. The number of sulfonamides is 1. The Labute approximate surface area is 194 Å². The molecule has 0 saturated carbocycles. The van der Waals surface area contributed by atoms with Crippen LogP contribution in [0.5, 0.6) is 0 Å². The van der Waals surface area contributed by atoms with Crippen LogP contribution in [-0.2, 0) is 10.0 Å². The highest BCUT2D eigenvalue weighted by Crippen LogP contribution is 2.25. The zero-order chi connectivity index (χ0) is 22.2. The first-order valence-corrected chi connectivity index (χ1v) is 11.8. The number of hydrogen-bond donors (Lipinski definition) is 0. The summed E-state index contributed by atoms with van der Waals surface area (Å²) in [6.45, 7) is 6.27. The van der Waals surface area contributed by atoms with Gasteiger partial charge in [0.15, 0.2) is 0 Å². The highest BCUT2D eigenvalue weighted by Gasteiger charge is 2.35. The predicted octanol–water partition coefficient (Wildman–Crippen LogP) is 2.43. The summed E-state index contributed by atoms with van der Waals surface area (Å²) in [4.78, 5) is 21.5. The van der Waals surface area contributed by atoms with Gasteiger partial charge in [0.05, 0.1) is 22.1 Å². The quantitative estimate of drug-likeness (QED) is 0.673. The van der Waals surface area contributed by atoms with E-state index < -0.39 is 10.0 Å². The van der Waals surface area contributed by atoms with Crippen LogP contribution >= 0.6 is 12.4 Å². The fraction of sp³-hybridized carbons (Fsp3) is 0.409. The van der Waals surface area contributed by atoms with E-state index in [0.29, 0.717) is 23.2 Å². The zero-order valence-electron chi connectivity index (χ0n) is 18.1. The fourth-order valence-corrected chi connectivity index (χ4v) is 5.72. The Morgan fingerprint density at radius 2 is 1.91 bits per heavy atom. The summed E-state index contributed by atoms with van der Waals surface area (Å²) in [5, 5.41) is 9.02. The van der Waals surface area contributed by atoms with Gasteiger partial charge >= 0.3 is 0 Å². The van der Waals surface area contributed by atoms with Crippen LogP contribution in [0.4, 0.5) is 5.82 Å². The van der Waals surface area contributed by atoms with Gasteiger partial charge in [-0.05, 0) is 56.2 Å². The SMILES string of the molecule is Cc1cc(C#N)ccc1S(=O)(=O)N1CCN(C(=O)c2ccc(N3CCC3)nc2)[C@@H](C)C1.Cl. The lowest BCUT2D eigenvalue weighted by molar-refractivity contribution is 0.0591. The van der Waals surface area contributed by atoms with Crippen molar-refractivity contribution in [3.8, 4) is 6.07 Å². The molecule has 2 aliphatic rings. The Morgan fingerprint density at radius 3 is 2.44 bits per heavy atom. The van der Waals surface area contributed by atoms with Gasteiger partial charge in [-0.25, -0.2) is 13.4 Å². The number of piperazine rings is 1. The molecule has 32 heavy (non-hydrogen) atoms. The highest BCUT2D eigenvalue weighted by molar-refractivity contribution is 7.89. The molecule has 2 fully saturated rings. The van der Waals surface area contributed by atoms with Crippen molar-refractivity contribution in [3.63, 3.8) is 0 Å². The number of pyridine rings is 1. The van der Waals surface area contributed by atoms with Crippen LogP contribution in [0, 0.1) is 18.3 Å². The number of hydrogen-bond acceptors (Lipinski definition) is 6. The normalized spacial score (nSPS) is 19.0. The van der Waals surface area contributed by atoms with Crippen molar-refractivity contribution >= 4 is 34.2 Å². The number of nitrogens with zero attached hydrogens (tertiary/aromatic N) is 5. The lowest BCUT2D eigenvalue weighted by atomic mass is 10.1. The number of halogens is 1. The lowest BCUT2D eigenvalue weighted by Gasteiger charge is -2.39. The number of carbonyl (C=O) groups is 1. The highest BCUT2D eigenvalue weighted by atomic mass is 35.5. The largest absolute Gasteiger partial charge is 0.356 e. The van der Waals surface area contributed by atoms with Crippen molar-refractivity contribution in [2.24, 2.45) is 0 Å². The van der Waals surface area contributed by atoms with Crippen molar-refractivity contribution in [1.29, 1.82) is 5.26 Å². The van der Waals surface area contributed by atoms with E-state index in [4.69, 9.17) is 5.26 Å². The first-order chi connectivity index (χ1) is 14.8. The van der Waals surface area contributed by atoms with Gasteiger partial charge in [0.2, 0.25) is 10.0 Å². The van der Waals surface area contributed by atoms with Crippen LogP contribution in [-0.4, -0.2) is 67.3 Å². The molecule has 8 nitrogen and oxygen atoms in total. The van der Waals surface area contributed by atoms with Gasteiger partial charge in [0, 0.05) is 45.0 Å². The maximum Gasteiger partial charge on any atom is 0.255 e. The van der Waals surface area contributed by atoms with Crippen molar-refractivity contribution in [3.05, 3.63) is 53.2 Å². The monoisotopic (exact) mass is 475 g/mol. The summed E-state index contributed by atoms with van der Waals surface area (Å²) in [5.74, 6) is 0.742. The number of rotatable bonds is 4. The lowest BCUT2D eigenvalue weighted by Crippen LogP contribution is -2.55. The number of aryl methyl sites for hydroxylation is 1. The molecular formula is C22H26ClN5O3S. The first kappa shape index (κ1) is 24.0. The van der Waals surface area contributed by atoms with Gasteiger partial charge in [-0.15, -0.1) is 12.4 Å². The van der Waals surface area contributed by atoms with Gasteiger partial charge < -0.3 is 9.80 Å². The van der Waals surface area contributed by atoms with Gasteiger partial charge in [-0.1, -0.05) is 0 Å². The van der Waals surface area contributed by atoms with E-state index >= 15 is 0 Å². The topological polar surface area (TPSA) is 97.6 Å². The molecule has 1 atom stereocenters. The molecule has 0 bridgehead atoms. The minimum Gasteiger partial charge on any atom is -0.356 e. The number of amides is 1. The standard InChI is InChI=1S/C22H25N5O3S.ClH/c1-16-12-18(13-23)4-6-20(16)31(29,30)26-10-11-27(17(2)15-26)22(28)19-5-7-21(24-14-19)25-8-3-9-25;/h4-7,12,14,17H,3,8-11,15H2,1-2H3;1H/t17-;/m0./s1.